The van der Waals surface area contributed by atoms with Crippen molar-refractivity contribution in [2.75, 3.05) is 0 Å². The number of fused-ring (bicyclic) bond motifs is 2. The van der Waals surface area contributed by atoms with Crippen LogP contribution >= 0.6 is 0 Å². The second-order valence-corrected chi connectivity index (χ2v) is 11.7. The number of hydrogen-bond acceptors (Lipinski definition) is 0. The Labute approximate surface area is 165 Å². The molecule has 4 aliphatic carbocycles. The van der Waals surface area contributed by atoms with Gasteiger partial charge in [0.05, 0.1) is 0 Å². The third-order valence-electron chi connectivity index (χ3n) is 6.27. The van der Waals surface area contributed by atoms with Crippen molar-refractivity contribution in [3.63, 3.8) is 0 Å². The summed E-state index contributed by atoms with van der Waals surface area (Å²) in [6.45, 7) is 4.84. The van der Waals surface area contributed by atoms with Crippen LogP contribution in [0.1, 0.15) is 39.5 Å². The van der Waals surface area contributed by atoms with Crippen molar-refractivity contribution in [1.29, 1.82) is 0 Å². The maximum absolute atomic E-state index is 2.49. The monoisotopic (exact) mass is 426 g/mol. The molecule has 6 atom stereocenters. The smallest absolute Gasteiger partial charge is 1.00 e. The third-order valence-corrected chi connectivity index (χ3v) is 11.3. The average molecular weight is 429 g/mol. The number of halogens is 2. The van der Waals surface area contributed by atoms with Crippen molar-refractivity contribution >= 4 is 0 Å². The molecule has 2 saturated carbocycles. The predicted octanol–water partition coefficient (Wildman–Crippen LogP) is -0.261. The van der Waals surface area contributed by atoms with E-state index in [0.29, 0.717) is 0 Å². The molecule has 0 heterocycles. The van der Waals surface area contributed by atoms with E-state index in [2.05, 4.69) is 50.3 Å². The molecule has 0 nitrogen and oxygen atoms in total. The molecule has 23 heavy (non-hydrogen) atoms. The van der Waals surface area contributed by atoms with Gasteiger partial charge in [0.15, 0.2) is 0 Å². The van der Waals surface area contributed by atoms with E-state index in [4.69, 9.17) is 0 Å². The standard InChI is InChI=1S/2C10H13.2ClH.Zr/c2*1-8-4-2-5-9-6-3-7-10(8)9;;;/h2*2,4-6,8,10H,3,7H2,1H3;2*1H;/q;;;;+2/p-2. The minimum absolute atomic E-state index is 0. The SMILES string of the molecule is CC1C=CC=C2[CH]([Zr+2][CH]3CCC4C3=CC=CC4C)CCC21.[Cl-].[Cl-]. The van der Waals surface area contributed by atoms with Crippen molar-refractivity contribution in [2.24, 2.45) is 23.7 Å². The average Bonchev–Trinajstić information content (AvgIpc) is 3.07. The summed E-state index contributed by atoms with van der Waals surface area (Å²) < 4.78 is 2.08. The fraction of sp³-hybridized carbons (Fsp3) is 0.600. The largest absolute Gasteiger partial charge is 1.00 e. The molecule has 124 valence electrons. The molecule has 3 heteroatoms. The molecule has 0 aromatic rings. The summed E-state index contributed by atoms with van der Waals surface area (Å²) >= 11 is -0.339. The van der Waals surface area contributed by atoms with Gasteiger partial charge in [0.2, 0.25) is 0 Å². The third kappa shape index (κ3) is 3.68. The summed E-state index contributed by atoms with van der Waals surface area (Å²) in [5.74, 6) is 3.39. The first kappa shape index (κ1) is 19.7. The van der Waals surface area contributed by atoms with E-state index >= 15 is 0 Å². The molecule has 0 saturated heterocycles. The van der Waals surface area contributed by atoms with Crippen LogP contribution in [0.25, 0.3) is 0 Å². The summed E-state index contributed by atoms with van der Waals surface area (Å²) in [5, 5.41) is 0. The van der Waals surface area contributed by atoms with Gasteiger partial charge in [-0.2, -0.15) is 0 Å². The van der Waals surface area contributed by atoms with Gasteiger partial charge >= 0.3 is 141 Å². The van der Waals surface area contributed by atoms with Crippen LogP contribution in [-0.2, 0) is 23.2 Å². The molecular formula is C20H26Cl2Zr. The van der Waals surface area contributed by atoms with E-state index in [-0.39, 0.29) is 48.0 Å². The quantitative estimate of drug-likeness (QED) is 0.569. The molecule has 0 radical (unpaired) electrons. The Morgan fingerprint density at radius 3 is 1.61 bits per heavy atom. The van der Waals surface area contributed by atoms with Gasteiger partial charge in [-0.05, 0) is 0 Å². The van der Waals surface area contributed by atoms with Crippen molar-refractivity contribution in [3.05, 3.63) is 47.6 Å². The molecule has 0 aromatic heterocycles. The molecule has 4 aliphatic rings. The van der Waals surface area contributed by atoms with Crippen LogP contribution in [0.15, 0.2) is 47.6 Å². The maximum atomic E-state index is 2.49. The van der Waals surface area contributed by atoms with Crippen LogP contribution in [0.4, 0.5) is 0 Å². The van der Waals surface area contributed by atoms with Gasteiger partial charge in [-0.15, -0.1) is 0 Å². The van der Waals surface area contributed by atoms with E-state index < -0.39 is 0 Å². The zero-order valence-corrected chi connectivity index (χ0v) is 18.0. The van der Waals surface area contributed by atoms with Gasteiger partial charge in [-0.25, -0.2) is 0 Å². The first-order valence-corrected chi connectivity index (χ1v) is 11.6. The molecule has 2 fully saturated rings. The molecular weight excluding hydrogens is 402 g/mol. The van der Waals surface area contributed by atoms with E-state index in [1.54, 1.807) is 0 Å². The van der Waals surface area contributed by atoms with Crippen molar-refractivity contribution < 1.29 is 48.0 Å². The van der Waals surface area contributed by atoms with Crippen LogP contribution in [0.3, 0.4) is 0 Å². The molecule has 0 aliphatic heterocycles. The minimum atomic E-state index is -0.339. The Kier molecular flexibility index (Phi) is 7.04. The molecule has 0 bridgehead atoms. The summed E-state index contributed by atoms with van der Waals surface area (Å²) in [6.07, 6.45) is 20.5. The molecule has 0 aromatic carbocycles. The van der Waals surface area contributed by atoms with Gasteiger partial charge < -0.3 is 24.8 Å². The first-order valence-electron chi connectivity index (χ1n) is 8.76. The van der Waals surface area contributed by atoms with Gasteiger partial charge in [0, 0.05) is 0 Å². The Hall–Kier alpha value is 0.423. The Balaban J connectivity index is 0.000000960. The number of allylic oxidation sites excluding steroid dienone is 8. The van der Waals surface area contributed by atoms with Gasteiger partial charge in [0.1, 0.15) is 0 Å². The molecule has 6 unspecified atom stereocenters. The van der Waals surface area contributed by atoms with E-state index in [1.807, 2.05) is 11.1 Å². The van der Waals surface area contributed by atoms with Crippen LogP contribution < -0.4 is 24.8 Å². The molecule has 0 amide bonds. The molecule has 0 N–H and O–H groups in total. The molecule has 0 spiro atoms. The Bertz CT molecular complexity index is 498. The normalized spacial score (nSPS) is 40.1. The van der Waals surface area contributed by atoms with Gasteiger partial charge in [-0.3, -0.25) is 0 Å². The Morgan fingerprint density at radius 1 is 0.739 bits per heavy atom. The van der Waals surface area contributed by atoms with Crippen LogP contribution in [0.5, 0.6) is 0 Å². The predicted molar refractivity (Wildman–Crippen MR) is 85.7 cm³/mol. The van der Waals surface area contributed by atoms with E-state index in [1.165, 1.54) is 25.7 Å². The fourth-order valence-corrected chi connectivity index (χ4v) is 10.3. The van der Waals surface area contributed by atoms with Crippen LogP contribution in [-0.4, -0.2) is 0 Å². The summed E-state index contributed by atoms with van der Waals surface area (Å²) in [4.78, 5) is 0. The second kappa shape index (κ2) is 8.20. The number of rotatable bonds is 2. The topological polar surface area (TPSA) is 0 Å². The molecule has 4 rings (SSSR count). The van der Waals surface area contributed by atoms with E-state index in [9.17, 15) is 0 Å². The zero-order chi connectivity index (χ0) is 14.4. The number of hydrogen-bond donors (Lipinski definition) is 0. The van der Waals surface area contributed by atoms with Crippen molar-refractivity contribution in [3.8, 4) is 0 Å². The van der Waals surface area contributed by atoms with Crippen LogP contribution in [0.2, 0.25) is 7.25 Å². The fourth-order valence-electron chi connectivity index (χ4n) is 5.04. The maximum Gasteiger partial charge on any atom is -1.00 e. The Morgan fingerprint density at radius 2 is 1.17 bits per heavy atom. The van der Waals surface area contributed by atoms with Gasteiger partial charge in [-0.1, -0.05) is 0 Å². The zero-order valence-electron chi connectivity index (χ0n) is 14.0. The van der Waals surface area contributed by atoms with Gasteiger partial charge in [0.25, 0.3) is 0 Å². The van der Waals surface area contributed by atoms with E-state index in [0.717, 1.165) is 30.9 Å². The summed E-state index contributed by atoms with van der Waals surface area (Å²) in [6, 6.07) is 0. The minimum Gasteiger partial charge on any atom is -1.00 e. The van der Waals surface area contributed by atoms with Crippen molar-refractivity contribution in [2.45, 2.75) is 46.8 Å². The second-order valence-electron chi connectivity index (χ2n) is 7.46. The van der Waals surface area contributed by atoms with Crippen molar-refractivity contribution in [1.82, 2.24) is 0 Å². The summed E-state index contributed by atoms with van der Waals surface area (Å²) in [5.41, 5.74) is 3.72. The van der Waals surface area contributed by atoms with Crippen LogP contribution in [0, 0.1) is 23.7 Å². The summed E-state index contributed by atoms with van der Waals surface area (Å²) in [7, 11) is 0. The first-order chi connectivity index (χ1) is 10.2.